The zero-order chi connectivity index (χ0) is 14.9. The number of halogens is 4. The van der Waals surface area contributed by atoms with Crippen LogP contribution in [0.5, 0.6) is 5.75 Å². The van der Waals surface area contributed by atoms with E-state index in [1.165, 1.54) is 13.2 Å². The minimum Gasteiger partial charge on any atom is -0.496 e. The SMILES string of the molecule is COc1cc(F)c(Br)cc1C(N)c1cc(Br)cc(Br)c1. The van der Waals surface area contributed by atoms with Crippen LogP contribution in [0.1, 0.15) is 17.2 Å². The predicted molar refractivity (Wildman–Crippen MR) is 88.5 cm³/mol. The second-order valence-corrected chi connectivity index (χ2v) is 6.87. The van der Waals surface area contributed by atoms with Crippen LogP contribution < -0.4 is 10.5 Å². The third kappa shape index (κ3) is 3.42. The van der Waals surface area contributed by atoms with Crippen molar-refractivity contribution in [1.82, 2.24) is 0 Å². The number of benzene rings is 2. The molecule has 1 unspecified atom stereocenters. The summed E-state index contributed by atoms with van der Waals surface area (Å²) < 4.78 is 21.0. The molecule has 0 saturated carbocycles. The van der Waals surface area contributed by atoms with Gasteiger partial charge in [-0.05, 0) is 45.8 Å². The van der Waals surface area contributed by atoms with Crippen LogP contribution in [0.15, 0.2) is 43.7 Å². The van der Waals surface area contributed by atoms with Gasteiger partial charge in [-0.25, -0.2) is 4.39 Å². The van der Waals surface area contributed by atoms with Crippen molar-refractivity contribution in [3.05, 3.63) is 60.7 Å². The normalized spacial score (nSPS) is 12.3. The highest BCUT2D eigenvalue weighted by Crippen LogP contribution is 2.34. The number of rotatable bonds is 3. The maximum absolute atomic E-state index is 13.6. The van der Waals surface area contributed by atoms with E-state index in [-0.39, 0.29) is 5.82 Å². The fourth-order valence-electron chi connectivity index (χ4n) is 1.90. The van der Waals surface area contributed by atoms with Crippen LogP contribution in [0.2, 0.25) is 0 Å². The summed E-state index contributed by atoms with van der Waals surface area (Å²) in [5, 5.41) is 0. The standard InChI is InChI=1S/C14H11Br3FNO/c1-20-13-6-12(18)11(17)5-10(13)14(19)7-2-8(15)4-9(16)3-7/h2-6,14H,19H2,1H3. The molecule has 6 heteroatoms. The van der Waals surface area contributed by atoms with E-state index >= 15 is 0 Å². The molecule has 0 fully saturated rings. The first-order valence-corrected chi connectivity index (χ1v) is 8.04. The molecule has 2 nitrogen and oxygen atoms in total. The molecule has 0 aliphatic rings. The van der Waals surface area contributed by atoms with Gasteiger partial charge in [-0.2, -0.15) is 0 Å². The van der Waals surface area contributed by atoms with Crippen molar-refractivity contribution in [2.75, 3.05) is 7.11 Å². The fourth-order valence-corrected chi connectivity index (χ4v) is 3.59. The Morgan fingerprint density at radius 2 is 1.65 bits per heavy atom. The van der Waals surface area contributed by atoms with E-state index in [0.717, 1.165) is 14.5 Å². The largest absolute Gasteiger partial charge is 0.496 e. The smallest absolute Gasteiger partial charge is 0.141 e. The Hall–Kier alpha value is -0.430. The first kappa shape index (κ1) is 15.9. The zero-order valence-electron chi connectivity index (χ0n) is 10.5. The first-order valence-electron chi connectivity index (χ1n) is 5.67. The molecule has 2 aromatic carbocycles. The van der Waals surface area contributed by atoms with E-state index in [9.17, 15) is 4.39 Å². The Morgan fingerprint density at radius 1 is 1.05 bits per heavy atom. The van der Waals surface area contributed by atoms with Crippen molar-refractivity contribution in [1.29, 1.82) is 0 Å². The fraction of sp³-hybridized carbons (Fsp3) is 0.143. The summed E-state index contributed by atoms with van der Waals surface area (Å²) in [4.78, 5) is 0. The average molecular weight is 468 g/mol. The summed E-state index contributed by atoms with van der Waals surface area (Å²) in [6, 6.07) is 8.32. The molecule has 2 rings (SSSR count). The molecular formula is C14H11Br3FNO. The Kier molecular flexibility index (Phi) is 5.23. The maximum Gasteiger partial charge on any atom is 0.141 e. The molecule has 106 valence electrons. The second-order valence-electron chi connectivity index (χ2n) is 4.19. The van der Waals surface area contributed by atoms with E-state index in [1.807, 2.05) is 18.2 Å². The molecule has 2 aromatic rings. The lowest BCUT2D eigenvalue weighted by Gasteiger charge is -2.17. The van der Waals surface area contributed by atoms with Gasteiger partial charge in [0, 0.05) is 20.6 Å². The molecule has 20 heavy (non-hydrogen) atoms. The average Bonchev–Trinajstić information content (AvgIpc) is 2.39. The van der Waals surface area contributed by atoms with Crippen molar-refractivity contribution in [3.63, 3.8) is 0 Å². The Morgan fingerprint density at radius 3 is 2.20 bits per heavy atom. The number of methoxy groups -OCH3 is 1. The third-order valence-corrected chi connectivity index (χ3v) is 4.38. The van der Waals surface area contributed by atoms with Crippen LogP contribution in [0.25, 0.3) is 0 Å². The summed E-state index contributed by atoms with van der Waals surface area (Å²) in [6.07, 6.45) is 0. The van der Waals surface area contributed by atoms with Gasteiger partial charge in [0.1, 0.15) is 11.6 Å². The van der Waals surface area contributed by atoms with Crippen LogP contribution in [-0.2, 0) is 0 Å². The van der Waals surface area contributed by atoms with Crippen LogP contribution in [-0.4, -0.2) is 7.11 Å². The number of hydrogen-bond acceptors (Lipinski definition) is 2. The highest BCUT2D eigenvalue weighted by molar-refractivity contribution is 9.11. The van der Waals surface area contributed by atoms with Crippen molar-refractivity contribution in [2.24, 2.45) is 5.73 Å². The van der Waals surface area contributed by atoms with Crippen molar-refractivity contribution in [2.45, 2.75) is 6.04 Å². The van der Waals surface area contributed by atoms with E-state index in [4.69, 9.17) is 10.5 Å². The molecule has 2 N–H and O–H groups in total. The molecule has 0 saturated heterocycles. The van der Waals surface area contributed by atoms with Gasteiger partial charge in [0.05, 0.1) is 17.6 Å². The van der Waals surface area contributed by atoms with E-state index in [2.05, 4.69) is 47.8 Å². The highest BCUT2D eigenvalue weighted by Gasteiger charge is 2.17. The minimum absolute atomic E-state index is 0.359. The predicted octanol–water partition coefficient (Wildman–Crippen LogP) is 5.17. The van der Waals surface area contributed by atoms with Gasteiger partial charge in [-0.3, -0.25) is 0 Å². The molecule has 0 bridgehead atoms. The maximum atomic E-state index is 13.6. The summed E-state index contributed by atoms with van der Waals surface area (Å²) in [5.74, 6) is 0.0440. The molecule has 0 spiro atoms. The van der Waals surface area contributed by atoms with Gasteiger partial charge in [0.25, 0.3) is 0 Å². The summed E-state index contributed by atoms with van der Waals surface area (Å²) in [7, 11) is 1.50. The van der Waals surface area contributed by atoms with Crippen LogP contribution >= 0.6 is 47.8 Å². The first-order chi connectivity index (χ1) is 9.42. The monoisotopic (exact) mass is 465 g/mol. The van der Waals surface area contributed by atoms with Crippen LogP contribution in [0, 0.1) is 5.82 Å². The highest BCUT2D eigenvalue weighted by atomic mass is 79.9. The number of nitrogens with two attached hydrogens (primary N) is 1. The Balaban J connectivity index is 2.52. The molecule has 0 radical (unpaired) electrons. The minimum atomic E-state index is -0.421. The van der Waals surface area contributed by atoms with Gasteiger partial charge >= 0.3 is 0 Å². The zero-order valence-corrected chi connectivity index (χ0v) is 15.2. The van der Waals surface area contributed by atoms with Gasteiger partial charge < -0.3 is 10.5 Å². The Labute approximate surface area is 141 Å². The van der Waals surface area contributed by atoms with Crippen LogP contribution in [0.3, 0.4) is 0 Å². The molecule has 0 aromatic heterocycles. The summed E-state index contributed by atoms with van der Waals surface area (Å²) >= 11 is 10.0. The number of ether oxygens (including phenoxy) is 1. The van der Waals surface area contributed by atoms with Gasteiger partial charge in [0.2, 0.25) is 0 Å². The molecule has 0 aliphatic carbocycles. The lowest BCUT2D eigenvalue weighted by Crippen LogP contribution is -2.13. The second kappa shape index (κ2) is 6.56. The van der Waals surface area contributed by atoms with E-state index in [0.29, 0.717) is 15.8 Å². The van der Waals surface area contributed by atoms with Crippen molar-refractivity contribution < 1.29 is 9.13 Å². The summed E-state index contributed by atoms with van der Waals surface area (Å²) in [5.41, 5.74) is 7.89. The quantitative estimate of drug-likeness (QED) is 0.676. The topological polar surface area (TPSA) is 35.2 Å². The van der Waals surface area contributed by atoms with Crippen molar-refractivity contribution >= 4 is 47.8 Å². The summed E-state index contributed by atoms with van der Waals surface area (Å²) in [6.45, 7) is 0. The van der Waals surface area contributed by atoms with E-state index in [1.54, 1.807) is 6.07 Å². The Bertz CT molecular complexity index is 628. The molecule has 0 heterocycles. The molecule has 0 amide bonds. The lowest BCUT2D eigenvalue weighted by atomic mass is 9.99. The van der Waals surface area contributed by atoms with Gasteiger partial charge in [-0.1, -0.05) is 31.9 Å². The van der Waals surface area contributed by atoms with Crippen molar-refractivity contribution in [3.8, 4) is 5.75 Å². The van der Waals surface area contributed by atoms with Crippen LogP contribution in [0.4, 0.5) is 4.39 Å². The molecule has 0 aliphatic heterocycles. The third-order valence-electron chi connectivity index (χ3n) is 2.85. The number of hydrogen-bond donors (Lipinski definition) is 1. The molecule has 1 atom stereocenters. The lowest BCUT2D eigenvalue weighted by molar-refractivity contribution is 0.404. The van der Waals surface area contributed by atoms with Gasteiger partial charge in [-0.15, -0.1) is 0 Å². The van der Waals surface area contributed by atoms with Gasteiger partial charge in [0.15, 0.2) is 0 Å². The van der Waals surface area contributed by atoms with E-state index < -0.39 is 6.04 Å². The molecular weight excluding hydrogens is 457 g/mol.